The average molecular weight is 362 g/mol. The van der Waals surface area contributed by atoms with Gasteiger partial charge in [-0.2, -0.15) is 0 Å². The zero-order valence-corrected chi connectivity index (χ0v) is 15.5. The van der Waals surface area contributed by atoms with E-state index in [1.165, 1.54) is 0 Å². The van der Waals surface area contributed by atoms with Crippen LogP contribution in [0.4, 0.5) is 5.69 Å². The number of carbonyl (C=O) groups is 1. The van der Waals surface area contributed by atoms with Crippen LogP contribution in [0.2, 0.25) is 0 Å². The number of aromatic nitrogens is 1. The first kappa shape index (κ1) is 18.5. The smallest absolute Gasteiger partial charge is 0.262 e. The number of methoxy groups -OCH3 is 1. The first-order valence-corrected chi connectivity index (χ1v) is 8.79. The third-order valence-corrected chi connectivity index (χ3v) is 4.12. The number of hydrogen-bond donors (Lipinski definition) is 0. The minimum atomic E-state index is -0.136. The molecule has 0 N–H and O–H groups in total. The molecule has 0 fully saturated rings. The molecule has 3 rings (SSSR count). The van der Waals surface area contributed by atoms with Crippen molar-refractivity contribution in [1.29, 1.82) is 0 Å². The molecule has 0 saturated carbocycles. The third-order valence-electron chi connectivity index (χ3n) is 4.12. The molecule has 0 atom stereocenters. The molecule has 1 heterocycles. The van der Waals surface area contributed by atoms with Crippen molar-refractivity contribution in [3.8, 4) is 11.5 Å². The first-order valence-electron chi connectivity index (χ1n) is 8.79. The summed E-state index contributed by atoms with van der Waals surface area (Å²) in [6.07, 6.45) is 3.37. The Balaban J connectivity index is 1.96. The van der Waals surface area contributed by atoms with E-state index in [1.807, 2.05) is 61.5 Å². The van der Waals surface area contributed by atoms with Gasteiger partial charge in [-0.15, -0.1) is 0 Å². The number of hydrogen-bond acceptors (Lipinski definition) is 4. The SMILES string of the molecule is CCOc1ccccc1C(=O)N(Cc1ccc(OC)cc1)c1cccnc1. The van der Waals surface area contributed by atoms with Crippen LogP contribution in [0.3, 0.4) is 0 Å². The molecule has 27 heavy (non-hydrogen) atoms. The highest BCUT2D eigenvalue weighted by atomic mass is 16.5. The molecule has 1 aromatic heterocycles. The van der Waals surface area contributed by atoms with Gasteiger partial charge in [-0.3, -0.25) is 9.78 Å². The van der Waals surface area contributed by atoms with E-state index < -0.39 is 0 Å². The summed E-state index contributed by atoms with van der Waals surface area (Å²) >= 11 is 0. The van der Waals surface area contributed by atoms with Crippen molar-refractivity contribution >= 4 is 11.6 Å². The predicted molar refractivity (Wildman–Crippen MR) is 105 cm³/mol. The summed E-state index contributed by atoms with van der Waals surface area (Å²) in [7, 11) is 1.63. The number of carbonyl (C=O) groups excluding carboxylic acids is 1. The van der Waals surface area contributed by atoms with Gasteiger partial charge in [-0.1, -0.05) is 24.3 Å². The molecule has 0 aliphatic carbocycles. The molecular formula is C22H22N2O3. The van der Waals surface area contributed by atoms with Gasteiger partial charge in [-0.05, 0) is 48.9 Å². The lowest BCUT2D eigenvalue weighted by Crippen LogP contribution is -2.31. The lowest BCUT2D eigenvalue weighted by atomic mass is 10.1. The number of pyridine rings is 1. The largest absolute Gasteiger partial charge is 0.497 e. The van der Waals surface area contributed by atoms with Crippen LogP contribution < -0.4 is 14.4 Å². The van der Waals surface area contributed by atoms with Crippen LogP contribution in [0, 0.1) is 0 Å². The highest BCUT2D eigenvalue weighted by Crippen LogP contribution is 2.25. The molecule has 0 saturated heterocycles. The summed E-state index contributed by atoms with van der Waals surface area (Å²) in [5, 5.41) is 0. The number of anilines is 1. The Bertz CT molecular complexity index is 880. The summed E-state index contributed by atoms with van der Waals surface area (Å²) < 4.78 is 10.9. The van der Waals surface area contributed by atoms with Gasteiger partial charge in [0.1, 0.15) is 11.5 Å². The van der Waals surface area contributed by atoms with Crippen molar-refractivity contribution in [3.05, 3.63) is 84.2 Å². The van der Waals surface area contributed by atoms with Gasteiger partial charge in [0, 0.05) is 6.20 Å². The van der Waals surface area contributed by atoms with E-state index in [1.54, 1.807) is 30.5 Å². The van der Waals surface area contributed by atoms with Gasteiger partial charge in [-0.25, -0.2) is 0 Å². The monoisotopic (exact) mass is 362 g/mol. The standard InChI is InChI=1S/C22H22N2O3/c1-3-27-21-9-5-4-8-20(21)22(25)24(18-7-6-14-23-15-18)16-17-10-12-19(26-2)13-11-17/h4-15H,3,16H2,1-2H3. The van der Waals surface area contributed by atoms with Crippen molar-refractivity contribution in [2.24, 2.45) is 0 Å². The lowest BCUT2D eigenvalue weighted by molar-refractivity contribution is 0.0981. The van der Waals surface area contributed by atoms with Gasteiger partial charge in [0.25, 0.3) is 5.91 Å². The molecule has 0 radical (unpaired) electrons. The molecule has 0 unspecified atom stereocenters. The fraction of sp³-hybridized carbons (Fsp3) is 0.182. The number of benzene rings is 2. The number of rotatable bonds is 7. The Morgan fingerprint density at radius 3 is 2.48 bits per heavy atom. The summed E-state index contributed by atoms with van der Waals surface area (Å²) in [5.74, 6) is 1.22. The van der Waals surface area contributed by atoms with Crippen LogP contribution in [0.5, 0.6) is 11.5 Å². The molecular weight excluding hydrogens is 340 g/mol. The topological polar surface area (TPSA) is 51.7 Å². The second kappa shape index (κ2) is 8.85. The maximum absolute atomic E-state index is 13.4. The Hall–Kier alpha value is -3.34. The Morgan fingerprint density at radius 1 is 1.04 bits per heavy atom. The maximum atomic E-state index is 13.4. The fourth-order valence-electron chi connectivity index (χ4n) is 2.78. The van der Waals surface area contributed by atoms with Crippen molar-refractivity contribution in [1.82, 2.24) is 4.98 Å². The Morgan fingerprint density at radius 2 is 1.81 bits per heavy atom. The quantitative estimate of drug-likeness (QED) is 0.627. The fourth-order valence-corrected chi connectivity index (χ4v) is 2.78. The summed E-state index contributed by atoms with van der Waals surface area (Å²) in [6.45, 7) is 2.81. The highest BCUT2D eigenvalue weighted by Gasteiger charge is 2.21. The zero-order valence-electron chi connectivity index (χ0n) is 15.5. The molecule has 0 aliphatic rings. The Kier molecular flexibility index (Phi) is 6.05. The molecule has 5 heteroatoms. The predicted octanol–water partition coefficient (Wildman–Crippen LogP) is 4.34. The number of ether oxygens (including phenoxy) is 2. The summed E-state index contributed by atoms with van der Waals surface area (Å²) in [4.78, 5) is 19.2. The van der Waals surface area contributed by atoms with E-state index in [9.17, 15) is 4.79 Å². The van der Waals surface area contributed by atoms with E-state index in [-0.39, 0.29) is 5.91 Å². The van der Waals surface area contributed by atoms with Crippen LogP contribution in [-0.4, -0.2) is 24.6 Å². The lowest BCUT2D eigenvalue weighted by Gasteiger charge is -2.24. The van der Waals surface area contributed by atoms with E-state index in [4.69, 9.17) is 9.47 Å². The zero-order chi connectivity index (χ0) is 19.1. The molecule has 1 amide bonds. The van der Waals surface area contributed by atoms with E-state index in [2.05, 4.69) is 4.98 Å². The molecule has 0 spiro atoms. The summed E-state index contributed by atoms with van der Waals surface area (Å²) in [5.41, 5.74) is 2.24. The van der Waals surface area contributed by atoms with Crippen molar-refractivity contribution in [3.63, 3.8) is 0 Å². The van der Waals surface area contributed by atoms with Crippen LogP contribution in [0.15, 0.2) is 73.1 Å². The third kappa shape index (κ3) is 4.44. The molecule has 138 valence electrons. The number of para-hydroxylation sites is 1. The maximum Gasteiger partial charge on any atom is 0.262 e. The molecule has 0 aliphatic heterocycles. The van der Waals surface area contributed by atoms with Crippen LogP contribution in [0.1, 0.15) is 22.8 Å². The van der Waals surface area contributed by atoms with Gasteiger partial charge in [0.05, 0.1) is 37.7 Å². The van der Waals surface area contributed by atoms with Crippen molar-refractivity contribution in [2.75, 3.05) is 18.6 Å². The number of nitrogens with zero attached hydrogens (tertiary/aromatic N) is 2. The molecule has 2 aromatic carbocycles. The normalized spacial score (nSPS) is 10.3. The highest BCUT2D eigenvalue weighted by molar-refractivity contribution is 6.07. The van der Waals surface area contributed by atoms with Crippen LogP contribution in [0.25, 0.3) is 0 Å². The Labute approximate surface area is 159 Å². The molecule has 3 aromatic rings. The molecule has 5 nitrogen and oxygen atoms in total. The average Bonchev–Trinajstić information content (AvgIpc) is 2.73. The minimum absolute atomic E-state index is 0.136. The van der Waals surface area contributed by atoms with Gasteiger partial charge in [0.2, 0.25) is 0 Å². The van der Waals surface area contributed by atoms with Crippen molar-refractivity contribution < 1.29 is 14.3 Å². The van der Waals surface area contributed by atoms with E-state index in [0.717, 1.165) is 17.0 Å². The van der Waals surface area contributed by atoms with Crippen LogP contribution >= 0.6 is 0 Å². The van der Waals surface area contributed by atoms with Gasteiger partial charge >= 0.3 is 0 Å². The second-order valence-electron chi connectivity index (χ2n) is 5.88. The van der Waals surface area contributed by atoms with Crippen LogP contribution in [-0.2, 0) is 6.54 Å². The van der Waals surface area contributed by atoms with Crippen molar-refractivity contribution in [2.45, 2.75) is 13.5 Å². The number of amides is 1. The van der Waals surface area contributed by atoms with Gasteiger partial charge in [0.15, 0.2) is 0 Å². The first-order chi connectivity index (χ1) is 13.2. The summed E-state index contributed by atoms with van der Waals surface area (Å²) in [6, 6.07) is 18.6. The second-order valence-corrected chi connectivity index (χ2v) is 5.88. The van der Waals surface area contributed by atoms with E-state index in [0.29, 0.717) is 24.5 Å². The molecule has 0 bridgehead atoms. The van der Waals surface area contributed by atoms with Gasteiger partial charge < -0.3 is 14.4 Å². The minimum Gasteiger partial charge on any atom is -0.497 e. The van der Waals surface area contributed by atoms with E-state index >= 15 is 0 Å².